The topological polar surface area (TPSA) is 35.6 Å². The second kappa shape index (κ2) is 6.88. The van der Waals surface area contributed by atoms with Crippen LogP contribution in [0.5, 0.6) is 0 Å². The summed E-state index contributed by atoms with van der Waals surface area (Å²) < 4.78 is 0. The lowest BCUT2D eigenvalue weighted by atomic mass is 10.2. The van der Waals surface area contributed by atoms with Gasteiger partial charge in [0.2, 0.25) is 5.91 Å². The Balaban J connectivity index is 1.45. The lowest BCUT2D eigenvalue weighted by Gasteiger charge is -2.36. The monoisotopic (exact) mass is 321 g/mol. The highest BCUT2D eigenvalue weighted by molar-refractivity contribution is 6.30. The molecule has 0 radical (unpaired) electrons. The molecule has 1 aliphatic heterocycles. The number of hydrogen-bond acceptors (Lipinski definition) is 3. The second-order valence-electron chi connectivity index (χ2n) is 6.35. The minimum atomic E-state index is 0.221. The Labute approximate surface area is 137 Å². The molecule has 1 aliphatic carbocycles. The summed E-state index contributed by atoms with van der Waals surface area (Å²) in [7, 11) is 0. The van der Waals surface area contributed by atoms with Crippen molar-refractivity contribution in [1.29, 1.82) is 0 Å². The number of hydrogen-bond donors (Lipinski definition) is 1. The molecular formula is C17H24ClN3O. The SMILES string of the molecule is CC(NCC(=O)N1CCN(c2cccc(Cl)c2)CC1)C1CC1. The predicted octanol–water partition coefficient (Wildman–Crippen LogP) is 2.38. The summed E-state index contributed by atoms with van der Waals surface area (Å²) in [5.41, 5.74) is 1.14. The minimum Gasteiger partial charge on any atom is -0.368 e. The fourth-order valence-corrected chi connectivity index (χ4v) is 3.19. The molecule has 1 heterocycles. The smallest absolute Gasteiger partial charge is 0.236 e. The maximum atomic E-state index is 12.3. The molecule has 1 saturated heterocycles. The number of piperazine rings is 1. The molecule has 120 valence electrons. The normalized spacial score (nSPS) is 20.1. The van der Waals surface area contributed by atoms with E-state index in [1.165, 1.54) is 12.8 Å². The number of halogens is 1. The van der Waals surface area contributed by atoms with Gasteiger partial charge in [-0.1, -0.05) is 17.7 Å². The summed E-state index contributed by atoms with van der Waals surface area (Å²) in [5.74, 6) is 1.01. The molecule has 1 amide bonds. The predicted molar refractivity (Wildman–Crippen MR) is 90.4 cm³/mol. The zero-order chi connectivity index (χ0) is 15.5. The van der Waals surface area contributed by atoms with E-state index in [4.69, 9.17) is 11.6 Å². The molecule has 0 aromatic heterocycles. The molecule has 2 aliphatic rings. The van der Waals surface area contributed by atoms with Crippen LogP contribution < -0.4 is 10.2 Å². The van der Waals surface area contributed by atoms with E-state index >= 15 is 0 Å². The Bertz CT molecular complexity index is 524. The average Bonchev–Trinajstić information content (AvgIpc) is 3.37. The molecule has 4 nitrogen and oxygen atoms in total. The van der Waals surface area contributed by atoms with Crippen LogP contribution in [0.1, 0.15) is 19.8 Å². The molecule has 1 aromatic rings. The van der Waals surface area contributed by atoms with Crippen molar-refractivity contribution in [2.45, 2.75) is 25.8 Å². The Kier molecular flexibility index (Phi) is 4.89. The zero-order valence-corrected chi connectivity index (χ0v) is 13.9. The lowest BCUT2D eigenvalue weighted by molar-refractivity contribution is -0.130. The van der Waals surface area contributed by atoms with Crippen LogP contribution >= 0.6 is 11.6 Å². The van der Waals surface area contributed by atoms with Gasteiger partial charge in [-0.3, -0.25) is 4.79 Å². The molecule has 0 bridgehead atoms. The van der Waals surface area contributed by atoms with Crippen molar-refractivity contribution in [2.24, 2.45) is 5.92 Å². The van der Waals surface area contributed by atoms with Gasteiger partial charge in [0.15, 0.2) is 0 Å². The van der Waals surface area contributed by atoms with E-state index < -0.39 is 0 Å². The number of carbonyl (C=O) groups is 1. The van der Waals surface area contributed by atoms with Crippen LogP contribution in [-0.2, 0) is 4.79 Å². The summed E-state index contributed by atoms with van der Waals surface area (Å²) in [4.78, 5) is 16.5. The summed E-state index contributed by atoms with van der Waals surface area (Å²) >= 11 is 6.05. The first-order valence-electron chi connectivity index (χ1n) is 8.15. The van der Waals surface area contributed by atoms with E-state index in [0.29, 0.717) is 12.6 Å². The van der Waals surface area contributed by atoms with Crippen LogP contribution in [0, 0.1) is 5.92 Å². The molecule has 1 aromatic carbocycles. The lowest BCUT2D eigenvalue weighted by Crippen LogP contribution is -2.51. The Morgan fingerprint density at radius 1 is 1.32 bits per heavy atom. The molecule has 0 spiro atoms. The van der Waals surface area contributed by atoms with E-state index in [0.717, 1.165) is 42.8 Å². The third-order valence-electron chi connectivity index (χ3n) is 4.71. The van der Waals surface area contributed by atoms with E-state index in [1.807, 2.05) is 23.1 Å². The number of carbonyl (C=O) groups excluding carboxylic acids is 1. The van der Waals surface area contributed by atoms with Crippen molar-refractivity contribution >= 4 is 23.2 Å². The fraction of sp³-hybridized carbons (Fsp3) is 0.588. The summed E-state index contributed by atoms with van der Waals surface area (Å²) in [5, 5.41) is 4.13. The molecule has 1 atom stereocenters. The maximum absolute atomic E-state index is 12.3. The highest BCUT2D eigenvalue weighted by Gasteiger charge is 2.28. The summed E-state index contributed by atoms with van der Waals surface area (Å²) in [6.07, 6.45) is 2.61. The number of amides is 1. The van der Waals surface area contributed by atoms with Gasteiger partial charge in [0.05, 0.1) is 6.54 Å². The van der Waals surface area contributed by atoms with Crippen LogP contribution in [0.2, 0.25) is 5.02 Å². The first kappa shape index (κ1) is 15.6. The number of nitrogens with zero attached hydrogens (tertiary/aromatic N) is 2. The summed E-state index contributed by atoms with van der Waals surface area (Å²) in [6.45, 7) is 5.95. The van der Waals surface area contributed by atoms with Gasteiger partial charge in [-0.25, -0.2) is 0 Å². The van der Waals surface area contributed by atoms with E-state index in [1.54, 1.807) is 0 Å². The summed E-state index contributed by atoms with van der Waals surface area (Å²) in [6, 6.07) is 8.38. The van der Waals surface area contributed by atoms with Crippen LogP contribution in [-0.4, -0.2) is 49.6 Å². The zero-order valence-electron chi connectivity index (χ0n) is 13.1. The maximum Gasteiger partial charge on any atom is 0.236 e. The largest absolute Gasteiger partial charge is 0.368 e. The molecule has 22 heavy (non-hydrogen) atoms. The fourth-order valence-electron chi connectivity index (χ4n) is 3.01. The highest BCUT2D eigenvalue weighted by atomic mass is 35.5. The van der Waals surface area contributed by atoms with Gasteiger partial charge in [0, 0.05) is 42.9 Å². The van der Waals surface area contributed by atoms with Crippen molar-refractivity contribution in [1.82, 2.24) is 10.2 Å². The highest BCUT2D eigenvalue weighted by Crippen LogP contribution is 2.32. The first-order valence-corrected chi connectivity index (χ1v) is 8.53. The quantitative estimate of drug-likeness (QED) is 0.904. The van der Waals surface area contributed by atoms with E-state index in [-0.39, 0.29) is 5.91 Å². The van der Waals surface area contributed by atoms with Crippen LogP contribution in [0.4, 0.5) is 5.69 Å². The van der Waals surface area contributed by atoms with Crippen molar-refractivity contribution in [2.75, 3.05) is 37.6 Å². The van der Waals surface area contributed by atoms with Crippen LogP contribution in [0.3, 0.4) is 0 Å². The molecular weight excluding hydrogens is 298 g/mol. The molecule has 1 unspecified atom stereocenters. The van der Waals surface area contributed by atoms with Crippen LogP contribution in [0.15, 0.2) is 24.3 Å². The van der Waals surface area contributed by atoms with Gasteiger partial charge in [-0.05, 0) is 43.9 Å². The third kappa shape index (κ3) is 3.93. The van der Waals surface area contributed by atoms with E-state index in [9.17, 15) is 4.79 Å². The number of rotatable bonds is 5. The van der Waals surface area contributed by atoms with E-state index in [2.05, 4.69) is 23.2 Å². The van der Waals surface area contributed by atoms with Gasteiger partial charge in [-0.2, -0.15) is 0 Å². The van der Waals surface area contributed by atoms with Gasteiger partial charge in [0.1, 0.15) is 0 Å². The molecule has 1 saturated carbocycles. The standard InChI is InChI=1S/C17H24ClN3O/c1-13(14-5-6-14)19-12-17(22)21-9-7-20(8-10-21)16-4-2-3-15(18)11-16/h2-4,11,13-14,19H,5-10,12H2,1H3. The average molecular weight is 322 g/mol. The first-order chi connectivity index (χ1) is 10.6. The van der Waals surface area contributed by atoms with Crippen molar-refractivity contribution < 1.29 is 4.79 Å². The van der Waals surface area contributed by atoms with Crippen molar-refractivity contribution in [3.8, 4) is 0 Å². The minimum absolute atomic E-state index is 0.221. The van der Waals surface area contributed by atoms with Crippen molar-refractivity contribution in [3.05, 3.63) is 29.3 Å². The van der Waals surface area contributed by atoms with Gasteiger partial charge in [0.25, 0.3) is 0 Å². The molecule has 2 fully saturated rings. The Morgan fingerprint density at radius 3 is 2.68 bits per heavy atom. The Morgan fingerprint density at radius 2 is 2.05 bits per heavy atom. The third-order valence-corrected chi connectivity index (χ3v) is 4.95. The molecule has 1 N–H and O–H groups in total. The van der Waals surface area contributed by atoms with Crippen molar-refractivity contribution in [3.63, 3.8) is 0 Å². The molecule has 5 heteroatoms. The van der Waals surface area contributed by atoms with Gasteiger partial charge < -0.3 is 15.1 Å². The van der Waals surface area contributed by atoms with Gasteiger partial charge in [-0.15, -0.1) is 0 Å². The van der Waals surface area contributed by atoms with Gasteiger partial charge >= 0.3 is 0 Å². The second-order valence-corrected chi connectivity index (χ2v) is 6.79. The molecule has 3 rings (SSSR count). The number of benzene rings is 1. The van der Waals surface area contributed by atoms with Crippen LogP contribution in [0.25, 0.3) is 0 Å². The number of nitrogens with one attached hydrogen (secondary N) is 1. The number of anilines is 1. The Hall–Kier alpha value is -1.26.